The number of hydrogen-bond acceptors (Lipinski definition) is 5. The summed E-state index contributed by atoms with van der Waals surface area (Å²) in [5, 5.41) is 18.0. The van der Waals surface area contributed by atoms with E-state index >= 15 is 0 Å². The van der Waals surface area contributed by atoms with E-state index in [0.717, 1.165) is 22.3 Å². The first kappa shape index (κ1) is 22.1. The Morgan fingerprint density at radius 3 is 2.30 bits per heavy atom. The number of carboxylic acid groups (broad SMARTS) is 1. The molecule has 0 bridgehead atoms. The van der Waals surface area contributed by atoms with E-state index in [1.54, 1.807) is 7.05 Å². The van der Waals surface area contributed by atoms with E-state index < -0.39 is 18.0 Å². The standard InChI is InChI=1S/C24H24N4O5/c1-28-22(23(31)25-11-10-21(29)30)15(13-27-28)12-26-24(32)33-14-20-18-8-4-2-6-16(18)17-7-3-5-9-19(17)20/h2-9,13,20H,10-12,14H2,1H3,(H,25,31)(H,26,32)(H,29,30). The number of alkyl carbamates (subject to hydrolysis) is 1. The smallest absolute Gasteiger partial charge is 0.407 e. The van der Waals surface area contributed by atoms with E-state index in [4.69, 9.17) is 9.84 Å². The number of hydrogen-bond donors (Lipinski definition) is 3. The Labute approximate surface area is 190 Å². The van der Waals surface area contributed by atoms with Gasteiger partial charge in [-0.2, -0.15) is 5.10 Å². The second-order valence-electron chi connectivity index (χ2n) is 7.72. The van der Waals surface area contributed by atoms with Crippen LogP contribution in [0.3, 0.4) is 0 Å². The van der Waals surface area contributed by atoms with Crippen LogP contribution in [-0.4, -0.2) is 46.0 Å². The van der Waals surface area contributed by atoms with Crippen molar-refractivity contribution in [1.29, 1.82) is 0 Å². The molecule has 0 fully saturated rings. The van der Waals surface area contributed by atoms with Crippen LogP contribution in [0.15, 0.2) is 54.7 Å². The number of aryl methyl sites for hydroxylation is 1. The molecule has 1 heterocycles. The zero-order chi connectivity index (χ0) is 23.4. The van der Waals surface area contributed by atoms with Crippen molar-refractivity contribution >= 4 is 18.0 Å². The summed E-state index contributed by atoms with van der Waals surface area (Å²) in [6, 6.07) is 16.2. The Balaban J connectivity index is 1.36. The lowest BCUT2D eigenvalue weighted by Gasteiger charge is -2.14. The first-order valence-corrected chi connectivity index (χ1v) is 10.6. The monoisotopic (exact) mass is 448 g/mol. The summed E-state index contributed by atoms with van der Waals surface area (Å²) >= 11 is 0. The molecule has 0 unspecified atom stereocenters. The number of amides is 2. The van der Waals surface area contributed by atoms with E-state index in [9.17, 15) is 14.4 Å². The molecule has 3 aromatic rings. The number of aliphatic carboxylic acids is 1. The minimum atomic E-state index is -1.00. The molecule has 9 heteroatoms. The van der Waals surface area contributed by atoms with Gasteiger partial charge in [-0.25, -0.2) is 4.79 Å². The highest BCUT2D eigenvalue weighted by Crippen LogP contribution is 2.44. The van der Waals surface area contributed by atoms with Crippen molar-refractivity contribution in [3.63, 3.8) is 0 Å². The molecule has 0 saturated heterocycles. The summed E-state index contributed by atoms with van der Waals surface area (Å²) in [5.41, 5.74) is 5.29. The van der Waals surface area contributed by atoms with Crippen LogP contribution in [0.2, 0.25) is 0 Å². The summed E-state index contributed by atoms with van der Waals surface area (Å²) < 4.78 is 6.90. The zero-order valence-electron chi connectivity index (χ0n) is 18.1. The summed E-state index contributed by atoms with van der Waals surface area (Å²) in [6.07, 6.45) is 0.699. The minimum Gasteiger partial charge on any atom is -0.481 e. The quantitative estimate of drug-likeness (QED) is 0.487. The van der Waals surface area contributed by atoms with Gasteiger partial charge in [-0.3, -0.25) is 14.3 Å². The van der Waals surface area contributed by atoms with Crippen molar-refractivity contribution in [2.75, 3.05) is 13.2 Å². The molecule has 3 N–H and O–H groups in total. The predicted molar refractivity (Wildman–Crippen MR) is 120 cm³/mol. The zero-order valence-corrected chi connectivity index (χ0v) is 18.1. The SMILES string of the molecule is Cn1ncc(CNC(=O)OCC2c3ccccc3-c3ccccc32)c1C(=O)NCCC(=O)O. The van der Waals surface area contributed by atoms with Crippen molar-refractivity contribution in [2.24, 2.45) is 7.05 Å². The van der Waals surface area contributed by atoms with Gasteiger partial charge in [0.05, 0.1) is 19.2 Å². The molecule has 1 aromatic heterocycles. The van der Waals surface area contributed by atoms with Crippen LogP contribution >= 0.6 is 0 Å². The van der Waals surface area contributed by atoms with Gasteiger partial charge in [0.2, 0.25) is 0 Å². The van der Waals surface area contributed by atoms with Gasteiger partial charge in [-0.05, 0) is 22.3 Å². The van der Waals surface area contributed by atoms with Gasteiger partial charge < -0.3 is 20.5 Å². The van der Waals surface area contributed by atoms with E-state index in [1.807, 2.05) is 36.4 Å². The fraction of sp³-hybridized carbons (Fsp3) is 0.250. The lowest BCUT2D eigenvalue weighted by atomic mass is 9.98. The van der Waals surface area contributed by atoms with Crippen LogP contribution in [-0.2, 0) is 23.1 Å². The first-order valence-electron chi connectivity index (χ1n) is 10.6. The molecule has 1 aliphatic rings. The third kappa shape index (κ3) is 4.72. The summed E-state index contributed by atoms with van der Waals surface area (Å²) in [6.45, 7) is 0.236. The molecule has 0 aliphatic heterocycles. The van der Waals surface area contributed by atoms with E-state index in [1.165, 1.54) is 10.9 Å². The number of aromatic nitrogens is 2. The molecule has 0 saturated carbocycles. The Bertz CT molecular complexity index is 1160. The number of nitrogens with one attached hydrogen (secondary N) is 2. The van der Waals surface area contributed by atoms with Crippen molar-refractivity contribution in [3.05, 3.63) is 77.1 Å². The average molecular weight is 448 g/mol. The van der Waals surface area contributed by atoms with Gasteiger partial charge in [0, 0.05) is 25.1 Å². The molecule has 33 heavy (non-hydrogen) atoms. The van der Waals surface area contributed by atoms with Crippen molar-refractivity contribution in [1.82, 2.24) is 20.4 Å². The topological polar surface area (TPSA) is 123 Å². The maximum Gasteiger partial charge on any atom is 0.407 e. The molecule has 1 aliphatic carbocycles. The molecule has 0 atom stereocenters. The molecule has 4 rings (SSSR count). The number of carbonyl (C=O) groups is 3. The molecule has 2 amide bonds. The normalized spacial score (nSPS) is 12.0. The fourth-order valence-corrected chi connectivity index (χ4v) is 4.09. The van der Waals surface area contributed by atoms with Gasteiger partial charge in [0.25, 0.3) is 5.91 Å². The number of fused-ring (bicyclic) bond motifs is 3. The minimum absolute atomic E-state index is 0.00140. The molecule has 9 nitrogen and oxygen atoms in total. The highest BCUT2D eigenvalue weighted by atomic mass is 16.5. The Morgan fingerprint density at radius 2 is 1.67 bits per heavy atom. The number of benzene rings is 2. The second-order valence-corrected chi connectivity index (χ2v) is 7.72. The maximum absolute atomic E-state index is 12.4. The lowest BCUT2D eigenvalue weighted by Crippen LogP contribution is -2.30. The number of nitrogens with zero attached hydrogens (tertiary/aromatic N) is 2. The fourth-order valence-electron chi connectivity index (χ4n) is 4.09. The molecular formula is C24H24N4O5. The average Bonchev–Trinajstić information content (AvgIpc) is 3.33. The lowest BCUT2D eigenvalue weighted by molar-refractivity contribution is -0.136. The highest BCUT2D eigenvalue weighted by Gasteiger charge is 2.29. The van der Waals surface area contributed by atoms with Gasteiger partial charge >= 0.3 is 12.1 Å². The third-order valence-corrected chi connectivity index (χ3v) is 5.62. The molecule has 170 valence electrons. The van der Waals surface area contributed by atoms with Crippen LogP contribution in [0.1, 0.15) is 39.5 Å². The predicted octanol–water partition coefficient (Wildman–Crippen LogP) is 2.66. The Morgan fingerprint density at radius 1 is 1.03 bits per heavy atom. The number of carbonyl (C=O) groups excluding carboxylic acids is 2. The van der Waals surface area contributed by atoms with Crippen molar-refractivity contribution < 1.29 is 24.2 Å². The van der Waals surface area contributed by atoms with Crippen LogP contribution in [0.4, 0.5) is 4.79 Å². The van der Waals surface area contributed by atoms with Crippen LogP contribution in [0, 0.1) is 0 Å². The second kappa shape index (κ2) is 9.56. The van der Waals surface area contributed by atoms with E-state index in [0.29, 0.717) is 5.56 Å². The molecule has 2 aromatic carbocycles. The molecule has 0 radical (unpaired) electrons. The summed E-state index contributed by atoms with van der Waals surface area (Å²) in [4.78, 5) is 35.4. The number of ether oxygens (including phenoxy) is 1. The largest absolute Gasteiger partial charge is 0.481 e. The van der Waals surface area contributed by atoms with Crippen molar-refractivity contribution in [3.8, 4) is 11.1 Å². The van der Waals surface area contributed by atoms with Gasteiger partial charge in [0.15, 0.2) is 0 Å². The number of rotatable bonds is 8. The molecule has 0 spiro atoms. The van der Waals surface area contributed by atoms with Crippen molar-refractivity contribution in [2.45, 2.75) is 18.9 Å². The van der Waals surface area contributed by atoms with Gasteiger partial charge in [-0.1, -0.05) is 48.5 Å². The Kier molecular flexibility index (Phi) is 6.39. The third-order valence-electron chi connectivity index (χ3n) is 5.62. The first-order chi connectivity index (χ1) is 16.0. The van der Waals surface area contributed by atoms with Crippen LogP contribution in [0.25, 0.3) is 11.1 Å². The summed E-state index contributed by atoms with van der Waals surface area (Å²) in [5.74, 6) is -1.50. The van der Waals surface area contributed by atoms with Gasteiger partial charge in [0.1, 0.15) is 12.3 Å². The van der Waals surface area contributed by atoms with Gasteiger partial charge in [-0.15, -0.1) is 0 Å². The molecular weight excluding hydrogens is 424 g/mol. The number of carboxylic acids is 1. The van der Waals surface area contributed by atoms with Crippen LogP contribution in [0.5, 0.6) is 0 Å². The van der Waals surface area contributed by atoms with E-state index in [2.05, 4.69) is 27.9 Å². The maximum atomic E-state index is 12.4. The van der Waals surface area contributed by atoms with E-state index in [-0.39, 0.29) is 37.7 Å². The van der Waals surface area contributed by atoms with Crippen LogP contribution < -0.4 is 10.6 Å². The Hall–Kier alpha value is -4.14. The summed E-state index contributed by atoms with van der Waals surface area (Å²) in [7, 11) is 1.60. The highest BCUT2D eigenvalue weighted by molar-refractivity contribution is 5.94.